The highest BCUT2D eigenvalue weighted by molar-refractivity contribution is 7.18. The van der Waals surface area contributed by atoms with Gasteiger partial charge in [-0.2, -0.15) is 0 Å². The first-order valence-corrected chi connectivity index (χ1v) is 10.6. The predicted molar refractivity (Wildman–Crippen MR) is 115 cm³/mol. The third-order valence-corrected chi connectivity index (χ3v) is 6.73. The van der Waals surface area contributed by atoms with Crippen molar-refractivity contribution in [3.8, 4) is 21.6 Å². The van der Waals surface area contributed by atoms with Crippen LogP contribution in [0.25, 0.3) is 21.6 Å². The van der Waals surface area contributed by atoms with Gasteiger partial charge in [0, 0.05) is 28.6 Å². The monoisotopic (exact) mass is 395 g/mol. The van der Waals surface area contributed by atoms with Crippen LogP contribution >= 0.6 is 22.9 Å². The number of carbonyl (C=O) groups excluding carboxylic acids is 1. The molecule has 27 heavy (non-hydrogen) atoms. The molecule has 1 aliphatic heterocycles. The molecule has 2 nitrogen and oxygen atoms in total. The van der Waals surface area contributed by atoms with Crippen molar-refractivity contribution in [2.75, 3.05) is 13.1 Å². The maximum Gasteiger partial charge on any atom is 0.264 e. The molecule has 0 saturated carbocycles. The van der Waals surface area contributed by atoms with Gasteiger partial charge in [-0.25, -0.2) is 0 Å². The van der Waals surface area contributed by atoms with E-state index in [9.17, 15) is 4.79 Å². The minimum atomic E-state index is 0.168. The van der Waals surface area contributed by atoms with Crippen molar-refractivity contribution in [3.05, 3.63) is 70.1 Å². The second-order valence-corrected chi connectivity index (χ2v) is 8.44. The third kappa shape index (κ3) is 3.67. The highest BCUT2D eigenvalue weighted by atomic mass is 35.5. The van der Waals surface area contributed by atoms with Crippen LogP contribution in [0.2, 0.25) is 5.02 Å². The fourth-order valence-electron chi connectivity index (χ4n) is 3.73. The number of likely N-dealkylation sites (tertiary alicyclic amines) is 1. The van der Waals surface area contributed by atoms with Gasteiger partial charge < -0.3 is 4.90 Å². The Bertz CT molecular complexity index is 941. The molecule has 1 saturated heterocycles. The van der Waals surface area contributed by atoms with Crippen molar-refractivity contribution in [2.45, 2.75) is 26.2 Å². The SMILES string of the molecule is Cc1c(-c2ccc(Cl)cc2)sc(C(=O)N2CCCCC2)c1-c1ccccc1. The van der Waals surface area contributed by atoms with Crippen LogP contribution in [0.1, 0.15) is 34.5 Å². The number of hydrogen-bond acceptors (Lipinski definition) is 2. The van der Waals surface area contributed by atoms with Gasteiger partial charge in [0.25, 0.3) is 5.91 Å². The largest absolute Gasteiger partial charge is 0.338 e. The van der Waals surface area contributed by atoms with E-state index in [1.165, 1.54) is 6.42 Å². The van der Waals surface area contributed by atoms with Gasteiger partial charge in [-0.1, -0.05) is 54.1 Å². The molecule has 1 fully saturated rings. The zero-order valence-electron chi connectivity index (χ0n) is 15.4. The molecule has 1 aromatic heterocycles. The summed E-state index contributed by atoms with van der Waals surface area (Å²) in [4.78, 5) is 17.4. The van der Waals surface area contributed by atoms with E-state index in [1.54, 1.807) is 11.3 Å². The van der Waals surface area contributed by atoms with Crippen LogP contribution in [0, 0.1) is 6.92 Å². The molecule has 0 bridgehead atoms. The van der Waals surface area contributed by atoms with E-state index < -0.39 is 0 Å². The van der Waals surface area contributed by atoms with Crippen molar-refractivity contribution in [3.63, 3.8) is 0 Å². The molecule has 2 aromatic carbocycles. The normalized spacial score (nSPS) is 14.4. The average molecular weight is 396 g/mol. The third-order valence-electron chi connectivity index (χ3n) is 5.15. The Morgan fingerprint density at radius 1 is 0.926 bits per heavy atom. The van der Waals surface area contributed by atoms with Crippen LogP contribution in [-0.4, -0.2) is 23.9 Å². The Morgan fingerprint density at radius 3 is 2.26 bits per heavy atom. The summed E-state index contributed by atoms with van der Waals surface area (Å²) in [6.07, 6.45) is 3.41. The molecule has 4 heteroatoms. The summed E-state index contributed by atoms with van der Waals surface area (Å²) in [5, 5.41) is 0.723. The summed E-state index contributed by atoms with van der Waals surface area (Å²) in [5.74, 6) is 0.168. The molecule has 1 aliphatic rings. The molecule has 0 N–H and O–H groups in total. The Morgan fingerprint density at radius 2 is 1.59 bits per heavy atom. The van der Waals surface area contributed by atoms with Crippen molar-refractivity contribution in [2.24, 2.45) is 0 Å². The first-order chi connectivity index (χ1) is 13.1. The van der Waals surface area contributed by atoms with Crippen molar-refractivity contribution in [1.29, 1.82) is 0 Å². The van der Waals surface area contributed by atoms with Crippen LogP contribution in [-0.2, 0) is 0 Å². The molecule has 0 atom stereocenters. The van der Waals surface area contributed by atoms with Gasteiger partial charge >= 0.3 is 0 Å². The van der Waals surface area contributed by atoms with E-state index in [1.807, 2.05) is 47.4 Å². The summed E-state index contributed by atoms with van der Waals surface area (Å²) in [5.41, 5.74) is 4.44. The Kier molecular flexibility index (Phi) is 5.33. The molecule has 4 rings (SSSR count). The Hall–Kier alpha value is -2.10. The Balaban J connectivity index is 1.84. The van der Waals surface area contributed by atoms with Crippen molar-refractivity contribution < 1.29 is 4.79 Å². The first kappa shape index (κ1) is 18.3. The second kappa shape index (κ2) is 7.87. The number of carbonyl (C=O) groups is 1. The number of rotatable bonds is 3. The highest BCUT2D eigenvalue weighted by Crippen LogP contribution is 2.42. The van der Waals surface area contributed by atoms with Gasteiger partial charge in [-0.3, -0.25) is 4.79 Å². The van der Waals surface area contributed by atoms with Gasteiger partial charge in [-0.05, 0) is 55.0 Å². The number of benzene rings is 2. The lowest BCUT2D eigenvalue weighted by molar-refractivity contribution is 0.0730. The molecular weight excluding hydrogens is 374 g/mol. The highest BCUT2D eigenvalue weighted by Gasteiger charge is 2.26. The molecule has 0 aliphatic carbocycles. The predicted octanol–water partition coefficient (Wildman–Crippen LogP) is 6.67. The first-order valence-electron chi connectivity index (χ1n) is 9.39. The quantitative estimate of drug-likeness (QED) is 0.484. The molecule has 138 valence electrons. The summed E-state index contributed by atoms with van der Waals surface area (Å²) < 4.78 is 0. The summed E-state index contributed by atoms with van der Waals surface area (Å²) in [6, 6.07) is 18.1. The average Bonchev–Trinajstić information content (AvgIpc) is 3.06. The number of amides is 1. The van der Waals surface area contributed by atoms with Gasteiger partial charge in [0.2, 0.25) is 0 Å². The van der Waals surface area contributed by atoms with E-state index >= 15 is 0 Å². The zero-order valence-corrected chi connectivity index (χ0v) is 16.9. The number of hydrogen-bond donors (Lipinski definition) is 0. The molecule has 1 amide bonds. The molecule has 0 radical (unpaired) electrons. The van der Waals surface area contributed by atoms with E-state index in [0.717, 1.165) is 63.0 Å². The molecule has 3 aromatic rings. The maximum absolute atomic E-state index is 13.4. The van der Waals surface area contributed by atoms with E-state index in [4.69, 9.17) is 11.6 Å². The maximum atomic E-state index is 13.4. The molecule has 0 unspecified atom stereocenters. The summed E-state index contributed by atoms with van der Waals surface area (Å²) in [7, 11) is 0. The van der Waals surface area contributed by atoms with E-state index in [-0.39, 0.29) is 5.91 Å². The fourth-order valence-corrected chi connectivity index (χ4v) is 5.16. The summed E-state index contributed by atoms with van der Waals surface area (Å²) >= 11 is 7.67. The van der Waals surface area contributed by atoms with Gasteiger partial charge in [0.15, 0.2) is 0 Å². The van der Waals surface area contributed by atoms with Crippen LogP contribution in [0.3, 0.4) is 0 Å². The van der Waals surface area contributed by atoms with Crippen molar-refractivity contribution in [1.82, 2.24) is 4.90 Å². The lowest BCUT2D eigenvalue weighted by Crippen LogP contribution is -2.35. The Labute approximate surface area is 169 Å². The van der Waals surface area contributed by atoms with Crippen LogP contribution in [0.15, 0.2) is 54.6 Å². The topological polar surface area (TPSA) is 20.3 Å². The van der Waals surface area contributed by atoms with Crippen LogP contribution in [0.4, 0.5) is 0 Å². The number of piperidine rings is 1. The van der Waals surface area contributed by atoms with Gasteiger partial charge in [-0.15, -0.1) is 11.3 Å². The molecular formula is C23H22ClNOS. The van der Waals surface area contributed by atoms with Crippen LogP contribution in [0.5, 0.6) is 0 Å². The minimum absolute atomic E-state index is 0.168. The van der Waals surface area contributed by atoms with Crippen molar-refractivity contribution >= 4 is 28.8 Å². The lowest BCUT2D eigenvalue weighted by Gasteiger charge is -2.26. The number of thiophene rings is 1. The number of halogens is 1. The van der Waals surface area contributed by atoms with Gasteiger partial charge in [0.05, 0.1) is 0 Å². The second-order valence-electron chi connectivity index (χ2n) is 6.99. The zero-order chi connectivity index (χ0) is 18.8. The molecule has 2 heterocycles. The van der Waals surface area contributed by atoms with E-state index in [2.05, 4.69) is 19.1 Å². The minimum Gasteiger partial charge on any atom is -0.338 e. The van der Waals surface area contributed by atoms with Crippen LogP contribution < -0.4 is 0 Å². The summed E-state index contributed by atoms with van der Waals surface area (Å²) in [6.45, 7) is 3.84. The number of nitrogens with zero attached hydrogens (tertiary/aromatic N) is 1. The lowest BCUT2D eigenvalue weighted by atomic mass is 9.98. The van der Waals surface area contributed by atoms with E-state index in [0.29, 0.717) is 0 Å². The molecule has 0 spiro atoms. The van der Waals surface area contributed by atoms with Gasteiger partial charge in [0.1, 0.15) is 4.88 Å². The standard InChI is InChI=1S/C23H22ClNOS/c1-16-20(17-8-4-2-5-9-17)22(23(26)25-14-6-3-7-15-25)27-21(16)18-10-12-19(24)13-11-18/h2,4-5,8-13H,3,6-7,14-15H2,1H3. The fraction of sp³-hybridized carbons (Fsp3) is 0.261. The smallest absolute Gasteiger partial charge is 0.264 e.